The number of fused-ring (bicyclic) bond motifs is 3. The summed E-state index contributed by atoms with van der Waals surface area (Å²) in [7, 11) is 0. The zero-order valence-electron chi connectivity index (χ0n) is 14.5. The van der Waals surface area contributed by atoms with Gasteiger partial charge in [-0.3, -0.25) is 4.98 Å². The van der Waals surface area contributed by atoms with Gasteiger partial charge in [0.2, 0.25) is 5.88 Å². The summed E-state index contributed by atoms with van der Waals surface area (Å²) in [5, 5.41) is 4.51. The molecule has 128 valence electrons. The van der Waals surface area contributed by atoms with Gasteiger partial charge in [0.1, 0.15) is 5.75 Å². The van der Waals surface area contributed by atoms with Crippen LogP contribution >= 0.6 is 0 Å². The average molecular weight is 348 g/mol. The second-order valence-corrected chi connectivity index (χ2v) is 6.36. The van der Waals surface area contributed by atoms with Crippen LogP contribution in [0.3, 0.4) is 0 Å². The van der Waals surface area contributed by atoms with Crippen molar-refractivity contribution in [1.29, 1.82) is 0 Å². The molecule has 0 bridgehead atoms. The standard InChI is InChI=1S/C24H16N2O/c1-2-4-17(5-3-1)18-6-8-21-19(16-18)7-9-23-22(21)12-15-26-24(23)27-20-10-13-25-14-11-20/h1-16H. The van der Waals surface area contributed by atoms with Gasteiger partial charge in [-0.05, 0) is 57.6 Å². The van der Waals surface area contributed by atoms with Gasteiger partial charge < -0.3 is 4.74 Å². The summed E-state index contributed by atoms with van der Waals surface area (Å²) in [4.78, 5) is 8.45. The van der Waals surface area contributed by atoms with E-state index in [1.165, 1.54) is 21.9 Å². The van der Waals surface area contributed by atoms with Crippen molar-refractivity contribution in [2.45, 2.75) is 0 Å². The van der Waals surface area contributed by atoms with Crippen molar-refractivity contribution in [3.05, 3.63) is 97.5 Å². The van der Waals surface area contributed by atoms with Gasteiger partial charge in [0, 0.05) is 24.0 Å². The van der Waals surface area contributed by atoms with Crippen LogP contribution in [0.1, 0.15) is 0 Å². The van der Waals surface area contributed by atoms with Gasteiger partial charge >= 0.3 is 0 Å². The van der Waals surface area contributed by atoms with Crippen LogP contribution in [0.2, 0.25) is 0 Å². The number of hydrogen-bond donors (Lipinski definition) is 0. The Labute approximate surface area is 156 Å². The zero-order chi connectivity index (χ0) is 18.1. The first-order valence-electron chi connectivity index (χ1n) is 8.83. The fourth-order valence-corrected chi connectivity index (χ4v) is 3.38. The normalized spacial score (nSPS) is 11.0. The van der Waals surface area contributed by atoms with Crippen molar-refractivity contribution in [2.75, 3.05) is 0 Å². The van der Waals surface area contributed by atoms with Gasteiger partial charge in [0.15, 0.2) is 0 Å². The number of aromatic nitrogens is 2. The zero-order valence-corrected chi connectivity index (χ0v) is 14.5. The second-order valence-electron chi connectivity index (χ2n) is 6.36. The predicted octanol–water partition coefficient (Wildman–Crippen LogP) is 6.24. The van der Waals surface area contributed by atoms with Crippen LogP contribution in [0, 0.1) is 0 Å². The summed E-state index contributed by atoms with van der Waals surface area (Å²) < 4.78 is 5.98. The molecular formula is C24H16N2O. The highest BCUT2D eigenvalue weighted by Gasteiger charge is 2.09. The van der Waals surface area contributed by atoms with Crippen LogP contribution in [0.4, 0.5) is 0 Å². The third-order valence-electron chi connectivity index (χ3n) is 4.70. The Balaban J connectivity index is 1.64. The fraction of sp³-hybridized carbons (Fsp3) is 0. The summed E-state index contributed by atoms with van der Waals surface area (Å²) in [6.07, 6.45) is 5.21. The van der Waals surface area contributed by atoms with Crippen LogP contribution in [-0.4, -0.2) is 9.97 Å². The fourth-order valence-electron chi connectivity index (χ4n) is 3.38. The summed E-state index contributed by atoms with van der Waals surface area (Å²) >= 11 is 0. The van der Waals surface area contributed by atoms with Crippen molar-refractivity contribution in [1.82, 2.24) is 9.97 Å². The third kappa shape index (κ3) is 2.89. The van der Waals surface area contributed by atoms with E-state index in [0.29, 0.717) is 5.88 Å². The van der Waals surface area contributed by atoms with E-state index in [1.54, 1.807) is 18.6 Å². The summed E-state index contributed by atoms with van der Waals surface area (Å²) in [6, 6.07) is 26.9. The molecule has 0 amide bonds. The van der Waals surface area contributed by atoms with E-state index in [1.807, 2.05) is 24.3 Å². The molecule has 27 heavy (non-hydrogen) atoms. The molecule has 0 saturated heterocycles. The molecule has 0 fully saturated rings. The number of nitrogens with zero attached hydrogens (tertiary/aromatic N) is 2. The van der Waals surface area contributed by atoms with Gasteiger partial charge in [0.25, 0.3) is 0 Å². The minimum atomic E-state index is 0.604. The van der Waals surface area contributed by atoms with E-state index < -0.39 is 0 Å². The molecule has 3 nitrogen and oxygen atoms in total. The summed E-state index contributed by atoms with van der Waals surface area (Å²) in [5.41, 5.74) is 2.43. The Morgan fingerprint density at radius 1 is 0.593 bits per heavy atom. The third-order valence-corrected chi connectivity index (χ3v) is 4.70. The van der Waals surface area contributed by atoms with Crippen LogP contribution in [0.25, 0.3) is 32.7 Å². The van der Waals surface area contributed by atoms with E-state index in [9.17, 15) is 0 Å². The molecule has 0 unspecified atom stereocenters. The number of benzene rings is 3. The van der Waals surface area contributed by atoms with Crippen LogP contribution in [0.15, 0.2) is 97.5 Å². The molecule has 0 spiro atoms. The number of ether oxygens (including phenoxy) is 1. The van der Waals surface area contributed by atoms with Crippen molar-refractivity contribution >= 4 is 21.5 Å². The SMILES string of the molecule is c1ccc(-c2ccc3c(ccc4c(Oc5ccncc5)nccc43)c2)cc1. The molecule has 3 heteroatoms. The largest absolute Gasteiger partial charge is 0.438 e. The van der Waals surface area contributed by atoms with E-state index in [0.717, 1.165) is 16.5 Å². The molecule has 5 aromatic rings. The van der Waals surface area contributed by atoms with Gasteiger partial charge in [-0.15, -0.1) is 0 Å². The van der Waals surface area contributed by atoms with Crippen molar-refractivity contribution in [3.63, 3.8) is 0 Å². The Morgan fingerprint density at radius 2 is 1.41 bits per heavy atom. The predicted molar refractivity (Wildman–Crippen MR) is 109 cm³/mol. The number of hydrogen-bond acceptors (Lipinski definition) is 3. The van der Waals surface area contributed by atoms with E-state index in [-0.39, 0.29) is 0 Å². The molecule has 0 N–H and O–H groups in total. The van der Waals surface area contributed by atoms with Gasteiger partial charge in [-0.1, -0.05) is 48.5 Å². The summed E-state index contributed by atoms with van der Waals surface area (Å²) in [5.74, 6) is 1.33. The second kappa shape index (κ2) is 6.54. The highest BCUT2D eigenvalue weighted by atomic mass is 16.5. The Kier molecular flexibility index (Phi) is 3.76. The Morgan fingerprint density at radius 3 is 2.26 bits per heavy atom. The minimum absolute atomic E-state index is 0.604. The number of pyridine rings is 2. The average Bonchev–Trinajstić information content (AvgIpc) is 2.75. The molecule has 0 aliphatic carbocycles. The van der Waals surface area contributed by atoms with Crippen LogP contribution < -0.4 is 4.74 Å². The van der Waals surface area contributed by atoms with E-state index >= 15 is 0 Å². The first-order valence-corrected chi connectivity index (χ1v) is 8.83. The topological polar surface area (TPSA) is 35.0 Å². The smallest absolute Gasteiger partial charge is 0.227 e. The molecule has 3 aromatic carbocycles. The molecule has 0 aliphatic heterocycles. The molecule has 5 rings (SSSR count). The van der Waals surface area contributed by atoms with Gasteiger partial charge in [-0.2, -0.15) is 0 Å². The van der Waals surface area contributed by atoms with Crippen LogP contribution in [0.5, 0.6) is 11.6 Å². The minimum Gasteiger partial charge on any atom is -0.438 e. The molecule has 0 aliphatic rings. The first-order chi connectivity index (χ1) is 13.4. The highest BCUT2D eigenvalue weighted by Crippen LogP contribution is 2.34. The quantitative estimate of drug-likeness (QED) is 0.362. The van der Waals surface area contributed by atoms with Crippen LogP contribution in [-0.2, 0) is 0 Å². The van der Waals surface area contributed by atoms with E-state index in [2.05, 4.69) is 64.6 Å². The Hall–Kier alpha value is -3.72. The molecule has 0 atom stereocenters. The maximum absolute atomic E-state index is 5.98. The molecule has 0 saturated carbocycles. The molecule has 2 heterocycles. The lowest BCUT2D eigenvalue weighted by atomic mass is 9.98. The maximum Gasteiger partial charge on any atom is 0.227 e. The maximum atomic E-state index is 5.98. The molecule has 0 radical (unpaired) electrons. The number of rotatable bonds is 3. The van der Waals surface area contributed by atoms with Crippen molar-refractivity contribution < 1.29 is 4.74 Å². The monoisotopic (exact) mass is 348 g/mol. The van der Waals surface area contributed by atoms with Gasteiger partial charge in [-0.25, -0.2) is 4.98 Å². The van der Waals surface area contributed by atoms with E-state index in [4.69, 9.17) is 4.74 Å². The van der Waals surface area contributed by atoms with Crippen molar-refractivity contribution in [3.8, 4) is 22.8 Å². The van der Waals surface area contributed by atoms with Gasteiger partial charge in [0.05, 0.1) is 0 Å². The lowest BCUT2D eigenvalue weighted by Crippen LogP contribution is -1.90. The summed E-state index contributed by atoms with van der Waals surface area (Å²) in [6.45, 7) is 0. The first kappa shape index (κ1) is 15.5. The Bertz CT molecular complexity index is 1230. The molecular weight excluding hydrogens is 332 g/mol. The highest BCUT2D eigenvalue weighted by molar-refractivity contribution is 6.09. The molecule has 2 aromatic heterocycles. The van der Waals surface area contributed by atoms with Crippen molar-refractivity contribution in [2.24, 2.45) is 0 Å². The lowest BCUT2D eigenvalue weighted by Gasteiger charge is -2.10. The lowest BCUT2D eigenvalue weighted by molar-refractivity contribution is 0.468.